The lowest BCUT2D eigenvalue weighted by Gasteiger charge is -2.32. The topological polar surface area (TPSA) is 76.1 Å². The van der Waals surface area contributed by atoms with Crippen LogP contribution in [0.1, 0.15) is 45.7 Å². The third-order valence-corrected chi connectivity index (χ3v) is 5.09. The molecule has 1 amide bonds. The average Bonchev–Trinajstić information content (AvgIpc) is 2.75. The van der Waals surface area contributed by atoms with Crippen molar-refractivity contribution in [3.8, 4) is 5.75 Å². The Morgan fingerprint density at radius 2 is 1.55 bits per heavy atom. The number of anilines is 1. The smallest absolute Gasteiger partial charge is 0.333 e. The molecule has 6 nitrogen and oxygen atoms in total. The van der Waals surface area contributed by atoms with E-state index in [-0.39, 0.29) is 12.3 Å². The van der Waals surface area contributed by atoms with E-state index in [0.717, 1.165) is 17.7 Å². The zero-order chi connectivity index (χ0) is 23.0. The van der Waals surface area contributed by atoms with Crippen LogP contribution in [-0.4, -0.2) is 41.8 Å². The molecule has 0 bridgehead atoms. The molecule has 1 atom stereocenters. The van der Waals surface area contributed by atoms with Gasteiger partial charge in [-0.05, 0) is 69.5 Å². The van der Waals surface area contributed by atoms with Gasteiger partial charge in [0, 0.05) is 25.3 Å². The van der Waals surface area contributed by atoms with E-state index in [1.165, 1.54) is 5.56 Å². The highest BCUT2D eigenvalue weighted by Crippen LogP contribution is 2.25. The van der Waals surface area contributed by atoms with Crippen LogP contribution in [0.4, 0.5) is 5.69 Å². The summed E-state index contributed by atoms with van der Waals surface area (Å²) >= 11 is 0. The minimum absolute atomic E-state index is 0.134. The van der Waals surface area contributed by atoms with E-state index in [2.05, 4.69) is 6.92 Å². The second kappa shape index (κ2) is 11.0. The monoisotopic (exact) mass is 427 g/mol. The minimum atomic E-state index is -1.07. The molecule has 0 saturated carbocycles. The lowest BCUT2D eigenvalue weighted by Crippen LogP contribution is -2.49. The van der Waals surface area contributed by atoms with Gasteiger partial charge in [-0.2, -0.15) is 0 Å². The Bertz CT molecular complexity index is 858. The number of hydrogen-bond donors (Lipinski definition) is 1. The molecule has 0 aliphatic rings. The average molecular weight is 428 g/mol. The van der Waals surface area contributed by atoms with Gasteiger partial charge in [-0.1, -0.05) is 31.2 Å². The molecule has 31 heavy (non-hydrogen) atoms. The Labute approximate surface area is 184 Å². The Hall–Kier alpha value is -2.86. The number of amides is 1. The maximum absolute atomic E-state index is 13.2. The first-order chi connectivity index (χ1) is 14.7. The Kier molecular flexibility index (Phi) is 8.63. The van der Waals surface area contributed by atoms with Crippen LogP contribution in [-0.2, 0) is 27.2 Å². The molecular formula is C25H33NO5. The van der Waals surface area contributed by atoms with Gasteiger partial charge in [0.15, 0.2) is 11.7 Å². The molecule has 0 spiro atoms. The van der Waals surface area contributed by atoms with Crippen molar-refractivity contribution < 1.29 is 24.2 Å². The van der Waals surface area contributed by atoms with E-state index in [9.17, 15) is 14.7 Å². The second-order valence-corrected chi connectivity index (χ2v) is 7.81. The standard InChI is InChI=1S/C25H33NO5/c1-6-18-9-13-20(14-10-18)26(7-2)24(29)25(4,5)31-21-15-11-19(12-16-21)17-22(23(27)28)30-8-3/h9-16,22H,6-8,17H2,1-5H3,(H,27,28)/t22-/m0/s1. The number of carbonyl (C=O) groups is 2. The first-order valence-corrected chi connectivity index (χ1v) is 10.7. The van der Waals surface area contributed by atoms with E-state index in [4.69, 9.17) is 9.47 Å². The van der Waals surface area contributed by atoms with Gasteiger partial charge in [0.2, 0.25) is 0 Å². The van der Waals surface area contributed by atoms with Crippen LogP contribution in [0.25, 0.3) is 0 Å². The maximum Gasteiger partial charge on any atom is 0.333 e. The molecule has 168 valence electrons. The van der Waals surface area contributed by atoms with Crippen LogP contribution < -0.4 is 9.64 Å². The van der Waals surface area contributed by atoms with Gasteiger partial charge in [0.05, 0.1) is 0 Å². The number of nitrogens with zero attached hydrogens (tertiary/aromatic N) is 1. The summed E-state index contributed by atoms with van der Waals surface area (Å²) in [5.41, 5.74) is 1.81. The van der Waals surface area contributed by atoms with Crippen LogP contribution in [0.5, 0.6) is 5.75 Å². The number of carboxylic acid groups (broad SMARTS) is 1. The molecule has 0 unspecified atom stereocenters. The summed E-state index contributed by atoms with van der Waals surface area (Å²) in [6, 6.07) is 15.1. The lowest BCUT2D eigenvalue weighted by molar-refractivity contribution is -0.150. The number of benzene rings is 2. The van der Waals surface area contributed by atoms with Crippen molar-refractivity contribution in [3.05, 3.63) is 59.7 Å². The number of ether oxygens (including phenoxy) is 2. The van der Waals surface area contributed by atoms with Crippen molar-refractivity contribution >= 4 is 17.6 Å². The van der Waals surface area contributed by atoms with E-state index >= 15 is 0 Å². The third kappa shape index (κ3) is 6.56. The maximum atomic E-state index is 13.2. The van der Waals surface area contributed by atoms with Crippen molar-refractivity contribution in [1.29, 1.82) is 0 Å². The molecule has 0 radical (unpaired) electrons. The summed E-state index contributed by atoms with van der Waals surface area (Å²) in [6.45, 7) is 10.2. The summed E-state index contributed by atoms with van der Waals surface area (Å²) in [5.74, 6) is -0.575. The molecule has 0 aromatic heterocycles. The van der Waals surface area contributed by atoms with Crippen LogP contribution in [0.2, 0.25) is 0 Å². The Morgan fingerprint density at radius 1 is 0.968 bits per heavy atom. The molecule has 6 heteroatoms. The zero-order valence-corrected chi connectivity index (χ0v) is 19.1. The normalized spacial score (nSPS) is 12.3. The van der Waals surface area contributed by atoms with Gasteiger partial charge in [-0.15, -0.1) is 0 Å². The van der Waals surface area contributed by atoms with Crippen LogP contribution in [0, 0.1) is 0 Å². The minimum Gasteiger partial charge on any atom is -0.479 e. The predicted molar refractivity (Wildman–Crippen MR) is 122 cm³/mol. The first kappa shape index (κ1) is 24.4. The van der Waals surface area contributed by atoms with E-state index < -0.39 is 17.7 Å². The highest BCUT2D eigenvalue weighted by molar-refractivity contribution is 5.99. The van der Waals surface area contributed by atoms with Gasteiger partial charge in [-0.25, -0.2) is 4.79 Å². The summed E-state index contributed by atoms with van der Waals surface area (Å²) in [5, 5.41) is 9.24. The summed E-state index contributed by atoms with van der Waals surface area (Å²) < 4.78 is 11.3. The van der Waals surface area contributed by atoms with Gasteiger partial charge in [0.25, 0.3) is 5.91 Å². The van der Waals surface area contributed by atoms with E-state index in [1.807, 2.05) is 31.2 Å². The number of likely N-dealkylation sites (N-methyl/N-ethyl adjacent to an activating group) is 1. The molecule has 0 aliphatic carbocycles. The summed E-state index contributed by atoms with van der Waals surface area (Å²) in [6.07, 6.45) is 0.332. The predicted octanol–water partition coefficient (Wildman–Crippen LogP) is 4.49. The first-order valence-electron chi connectivity index (χ1n) is 10.7. The van der Waals surface area contributed by atoms with Crippen molar-refractivity contribution in [2.75, 3.05) is 18.1 Å². The third-order valence-electron chi connectivity index (χ3n) is 5.09. The van der Waals surface area contributed by atoms with Gasteiger partial charge >= 0.3 is 5.97 Å². The number of hydrogen-bond acceptors (Lipinski definition) is 4. The molecule has 2 rings (SSSR count). The Balaban J connectivity index is 2.10. The Morgan fingerprint density at radius 3 is 2.03 bits per heavy atom. The summed E-state index contributed by atoms with van der Waals surface area (Å²) in [4.78, 5) is 26.2. The fraction of sp³-hybridized carbons (Fsp3) is 0.440. The van der Waals surface area contributed by atoms with Crippen molar-refractivity contribution in [1.82, 2.24) is 0 Å². The number of aliphatic carboxylic acids is 1. The van der Waals surface area contributed by atoms with E-state index in [0.29, 0.717) is 18.9 Å². The molecule has 0 heterocycles. The fourth-order valence-corrected chi connectivity index (χ4v) is 3.34. The van der Waals surface area contributed by atoms with E-state index in [1.54, 1.807) is 49.9 Å². The van der Waals surface area contributed by atoms with Crippen LogP contribution in [0.3, 0.4) is 0 Å². The second-order valence-electron chi connectivity index (χ2n) is 7.81. The number of aryl methyl sites for hydroxylation is 1. The number of rotatable bonds is 11. The van der Waals surface area contributed by atoms with Gasteiger partial charge in [0.1, 0.15) is 5.75 Å². The van der Waals surface area contributed by atoms with Crippen molar-refractivity contribution in [3.63, 3.8) is 0 Å². The molecule has 0 fully saturated rings. The lowest BCUT2D eigenvalue weighted by atomic mass is 10.1. The van der Waals surface area contributed by atoms with Crippen LogP contribution in [0.15, 0.2) is 48.5 Å². The molecule has 0 aliphatic heterocycles. The quantitative estimate of drug-likeness (QED) is 0.572. The van der Waals surface area contributed by atoms with Gasteiger partial charge < -0.3 is 19.5 Å². The van der Waals surface area contributed by atoms with Crippen molar-refractivity contribution in [2.45, 2.75) is 59.2 Å². The number of carbonyl (C=O) groups excluding carboxylic acids is 1. The molecule has 0 saturated heterocycles. The van der Waals surface area contributed by atoms with Gasteiger partial charge in [-0.3, -0.25) is 4.79 Å². The van der Waals surface area contributed by atoms with Crippen LogP contribution >= 0.6 is 0 Å². The SMILES string of the molecule is CCO[C@@H](Cc1ccc(OC(C)(C)C(=O)N(CC)c2ccc(CC)cc2)cc1)C(=O)O. The number of carboxylic acids is 1. The van der Waals surface area contributed by atoms with Crippen molar-refractivity contribution in [2.24, 2.45) is 0 Å². The molecule has 1 N–H and O–H groups in total. The fourth-order valence-electron chi connectivity index (χ4n) is 3.34. The highest BCUT2D eigenvalue weighted by atomic mass is 16.5. The zero-order valence-electron chi connectivity index (χ0n) is 19.1. The highest BCUT2D eigenvalue weighted by Gasteiger charge is 2.34. The molecule has 2 aromatic carbocycles. The molecular weight excluding hydrogens is 394 g/mol. The molecule has 2 aromatic rings. The summed E-state index contributed by atoms with van der Waals surface area (Å²) in [7, 11) is 0. The largest absolute Gasteiger partial charge is 0.479 e.